The lowest BCUT2D eigenvalue weighted by Crippen LogP contribution is -2.34. The Bertz CT molecular complexity index is 627. The van der Waals surface area contributed by atoms with E-state index in [1.165, 1.54) is 11.1 Å². The molecule has 0 radical (unpaired) electrons. The molecule has 3 heteroatoms. The summed E-state index contributed by atoms with van der Waals surface area (Å²) in [6.07, 6.45) is 1.01. The molecule has 3 N–H and O–H groups in total. The van der Waals surface area contributed by atoms with Gasteiger partial charge in [-0.25, -0.2) is 0 Å². The van der Waals surface area contributed by atoms with E-state index < -0.39 is 6.10 Å². The first-order chi connectivity index (χ1) is 11.5. The molecule has 0 aliphatic carbocycles. The molecule has 2 aromatic rings. The molecule has 3 unspecified atom stereocenters. The normalized spacial score (nSPS) is 14.9. The minimum atomic E-state index is -0.460. The quantitative estimate of drug-likeness (QED) is 0.765. The van der Waals surface area contributed by atoms with E-state index in [1.807, 2.05) is 31.2 Å². The first kappa shape index (κ1) is 18.5. The summed E-state index contributed by atoms with van der Waals surface area (Å²) in [7, 11) is 0. The average Bonchev–Trinajstić information content (AvgIpc) is 2.60. The highest BCUT2D eigenvalue weighted by molar-refractivity contribution is 5.37. The SMILES string of the molecule is CCC(N)C(O)CC(C)c1ccc(OCc2ccccc2)cc1C. The highest BCUT2D eigenvalue weighted by Crippen LogP contribution is 2.28. The summed E-state index contributed by atoms with van der Waals surface area (Å²) in [5, 5.41) is 10.2. The van der Waals surface area contributed by atoms with E-state index in [0.29, 0.717) is 13.0 Å². The van der Waals surface area contributed by atoms with E-state index >= 15 is 0 Å². The Hall–Kier alpha value is -1.84. The predicted molar refractivity (Wildman–Crippen MR) is 99.3 cm³/mol. The highest BCUT2D eigenvalue weighted by atomic mass is 16.5. The lowest BCUT2D eigenvalue weighted by molar-refractivity contribution is 0.126. The zero-order chi connectivity index (χ0) is 17.5. The second-order valence-electron chi connectivity index (χ2n) is 6.57. The summed E-state index contributed by atoms with van der Waals surface area (Å²) in [6.45, 7) is 6.80. The topological polar surface area (TPSA) is 55.5 Å². The number of nitrogens with two attached hydrogens (primary N) is 1. The van der Waals surface area contributed by atoms with Gasteiger partial charge in [0.25, 0.3) is 0 Å². The van der Waals surface area contributed by atoms with E-state index in [0.717, 1.165) is 17.7 Å². The van der Waals surface area contributed by atoms with Crippen molar-refractivity contribution in [2.24, 2.45) is 5.73 Å². The van der Waals surface area contributed by atoms with Gasteiger partial charge in [-0.2, -0.15) is 0 Å². The average molecular weight is 327 g/mol. The summed E-state index contributed by atoms with van der Waals surface area (Å²) in [6, 6.07) is 16.2. The van der Waals surface area contributed by atoms with Crippen LogP contribution in [0.25, 0.3) is 0 Å². The minimum Gasteiger partial charge on any atom is -0.489 e. The fraction of sp³-hybridized carbons (Fsp3) is 0.429. The Kier molecular flexibility index (Phi) is 6.83. The molecule has 130 valence electrons. The van der Waals surface area contributed by atoms with Crippen LogP contribution >= 0.6 is 0 Å². The van der Waals surface area contributed by atoms with Gasteiger partial charge in [-0.15, -0.1) is 0 Å². The van der Waals surface area contributed by atoms with Crippen molar-refractivity contribution in [1.82, 2.24) is 0 Å². The second-order valence-corrected chi connectivity index (χ2v) is 6.57. The molecular formula is C21H29NO2. The molecule has 0 heterocycles. The van der Waals surface area contributed by atoms with E-state index in [-0.39, 0.29) is 12.0 Å². The van der Waals surface area contributed by atoms with Crippen molar-refractivity contribution in [3.63, 3.8) is 0 Å². The van der Waals surface area contributed by atoms with Gasteiger partial charge in [-0.05, 0) is 54.5 Å². The summed E-state index contributed by atoms with van der Waals surface area (Å²) >= 11 is 0. The minimum absolute atomic E-state index is 0.152. The summed E-state index contributed by atoms with van der Waals surface area (Å²) < 4.78 is 5.87. The maximum atomic E-state index is 10.2. The largest absolute Gasteiger partial charge is 0.489 e. The standard InChI is InChI=1S/C21H29NO2/c1-4-20(22)21(23)13-16(3)19-11-10-18(12-15(19)2)24-14-17-8-6-5-7-9-17/h5-12,16,20-21,23H,4,13-14,22H2,1-3H3. The summed E-state index contributed by atoms with van der Waals surface area (Å²) in [5.74, 6) is 1.14. The maximum Gasteiger partial charge on any atom is 0.120 e. The van der Waals surface area contributed by atoms with Crippen molar-refractivity contribution in [1.29, 1.82) is 0 Å². The molecule has 2 rings (SSSR count). The van der Waals surface area contributed by atoms with E-state index in [1.54, 1.807) is 0 Å². The van der Waals surface area contributed by atoms with Crippen LogP contribution in [0.5, 0.6) is 5.75 Å². The molecule has 0 spiro atoms. The molecule has 0 fully saturated rings. The van der Waals surface area contributed by atoms with Crippen LogP contribution < -0.4 is 10.5 Å². The number of aryl methyl sites for hydroxylation is 1. The van der Waals surface area contributed by atoms with Crippen LogP contribution in [0.15, 0.2) is 48.5 Å². The van der Waals surface area contributed by atoms with Crippen molar-refractivity contribution < 1.29 is 9.84 Å². The van der Waals surface area contributed by atoms with Crippen molar-refractivity contribution >= 4 is 0 Å². The van der Waals surface area contributed by atoms with Crippen LogP contribution in [0.1, 0.15) is 49.3 Å². The van der Waals surface area contributed by atoms with Gasteiger partial charge < -0.3 is 15.6 Å². The van der Waals surface area contributed by atoms with Crippen molar-refractivity contribution in [2.75, 3.05) is 0 Å². The molecule has 24 heavy (non-hydrogen) atoms. The third-order valence-electron chi connectivity index (χ3n) is 4.58. The van der Waals surface area contributed by atoms with Gasteiger partial charge in [-0.3, -0.25) is 0 Å². The molecule has 2 aromatic carbocycles. The first-order valence-electron chi connectivity index (χ1n) is 8.72. The molecule has 0 saturated carbocycles. The number of hydrogen-bond acceptors (Lipinski definition) is 3. The van der Waals surface area contributed by atoms with Gasteiger partial charge in [-0.1, -0.05) is 50.2 Å². The molecule has 0 bridgehead atoms. The number of benzene rings is 2. The van der Waals surface area contributed by atoms with Gasteiger partial charge in [0, 0.05) is 6.04 Å². The number of hydrogen-bond donors (Lipinski definition) is 2. The van der Waals surface area contributed by atoms with Gasteiger partial charge in [0.1, 0.15) is 12.4 Å². The molecular weight excluding hydrogens is 298 g/mol. The fourth-order valence-electron chi connectivity index (χ4n) is 2.97. The number of rotatable bonds is 8. The zero-order valence-corrected chi connectivity index (χ0v) is 14.9. The molecule has 0 aromatic heterocycles. The summed E-state index contributed by atoms with van der Waals surface area (Å²) in [4.78, 5) is 0. The fourth-order valence-corrected chi connectivity index (χ4v) is 2.97. The zero-order valence-electron chi connectivity index (χ0n) is 14.9. The molecule has 0 aliphatic rings. The number of aliphatic hydroxyl groups is 1. The van der Waals surface area contributed by atoms with Crippen molar-refractivity contribution in [3.05, 3.63) is 65.2 Å². The highest BCUT2D eigenvalue weighted by Gasteiger charge is 2.18. The van der Waals surface area contributed by atoms with Crippen LogP contribution in [0, 0.1) is 6.92 Å². The van der Waals surface area contributed by atoms with Crippen LogP contribution in [0.2, 0.25) is 0 Å². The predicted octanol–water partition coefficient (Wildman–Crippen LogP) is 4.17. The monoisotopic (exact) mass is 327 g/mol. The summed E-state index contributed by atoms with van der Waals surface area (Å²) in [5.41, 5.74) is 9.51. The Labute approximate surface area is 145 Å². The van der Waals surface area contributed by atoms with Gasteiger partial charge in [0.05, 0.1) is 6.10 Å². The third-order valence-corrected chi connectivity index (χ3v) is 4.58. The number of aliphatic hydroxyl groups excluding tert-OH is 1. The Morgan fingerprint density at radius 1 is 1.12 bits per heavy atom. The lowest BCUT2D eigenvalue weighted by Gasteiger charge is -2.22. The Balaban J connectivity index is 1.98. The molecule has 3 nitrogen and oxygen atoms in total. The van der Waals surface area contributed by atoms with Crippen molar-refractivity contribution in [3.8, 4) is 5.75 Å². The van der Waals surface area contributed by atoms with Gasteiger partial charge >= 0.3 is 0 Å². The molecule has 0 aliphatic heterocycles. The smallest absolute Gasteiger partial charge is 0.120 e. The maximum absolute atomic E-state index is 10.2. The third kappa shape index (κ3) is 5.08. The van der Waals surface area contributed by atoms with Crippen LogP contribution in [-0.2, 0) is 6.61 Å². The molecule has 3 atom stereocenters. The van der Waals surface area contributed by atoms with Gasteiger partial charge in [0.2, 0.25) is 0 Å². The lowest BCUT2D eigenvalue weighted by atomic mass is 9.89. The van der Waals surface area contributed by atoms with Gasteiger partial charge in [0.15, 0.2) is 0 Å². The van der Waals surface area contributed by atoms with Crippen LogP contribution in [0.3, 0.4) is 0 Å². The molecule has 0 amide bonds. The second kappa shape index (κ2) is 8.86. The molecule has 0 saturated heterocycles. The number of ether oxygens (including phenoxy) is 1. The van der Waals surface area contributed by atoms with E-state index in [2.05, 4.69) is 38.1 Å². The van der Waals surface area contributed by atoms with E-state index in [4.69, 9.17) is 10.5 Å². The first-order valence-corrected chi connectivity index (χ1v) is 8.72. The van der Waals surface area contributed by atoms with Crippen molar-refractivity contribution in [2.45, 2.75) is 58.3 Å². The Morgan fingerprint density at radius 2 is 1.83 bits per heavy atom. The van der Waals surface area contributed by atoms with E-state index in [9.17, 15) is 5.11 Å². The van der Waals surface area contributed by atoms with Crippen LogP contribution in [0.4, 0.5) is 0 Å². The van der Waals surface area contributed by atoms with Crippen LogP contribution in [-0.4, -0.2) is 17.3 Å². The Morgan fingerprint density at radius 3 is 2.46 bits per heavy atom.